The number of nitrogens with one attached hydrogen (secondary N) is 2. The van der Waals surface area contributed by atoms with Crippen molar-refractivity contribution in [2.45, 2.75) is 0 Å². The van der Waals surface area contributed by atoms with Crippen LogP contribution in [0.2, 0.25) is 10.0 Å². The summed E-state index contributed by atoms with van der Waals surface area (Å²) in [6.45, 7) is 0. The van der Waals surface area contributed by atoms with Crippen LogP contribution in [0.5, 0.6) is 0 Å². The Morgan fingerprint density at radius 1 is 1.38 bits per heavy atom. The summed E-state index contributed by atoms with van der Waals surface area (Å²) < 4.78 is 0. The van der Waals surface area contributed by atoms with Gasteiger partial charge in [0.15, 0.2) is 5.84 Å². The van der Waals surface area contributed by atoms with Gasteiger partial charge in [0.25, 0.3) is 0 Å². The van der Waals surface area contributed by atoms with Crippen LogP contribution in [0.1, 0.15) is 0 Å². The predicted molar refractivity (Wildman–Crippen MR) is 65.0 cm³/mol. The highest BCUT2D eigenvalue weighted by Crippen LogP contribution is 2.22. The zero-order valence-corrected chi connectivity index (χ0v) is 9.47. The maximum absolute atomic E-state index is 8.59. The molecule has 16 heavy (non-hydrogen) atoms. The van der Waals surface area contributed by atoms with Crippen molar-refractivity contribution in [3.63, 3.8) is 0 Å². The van der Waals surface area contributed by atoms with Gasteiger partial charge in [0, 0.05) is 10.0 Å². The molecule has 82 valence electrons. The molecular formula is C9H7Cl2N5. The van der Waals surface area contributed by atoms with Crippen molar-refractivity contribution in [3.8, 4) is 6.07 Å². The summed E-state index contributed by atoms with van der Waals surface area (Å²) in [5, 5.41) is 20.1. The van der Waals surface area contributed by atoms with Crippen molar-refractivity contribution in [2.24, 2.45) is 10.8 Å². The molecule has 0 spiro atoms. The average molecular weight is 256 g/mol. The Balaban J connectivity index is 2.90. The normalized spacial score (nSPS) is 10.7. The molecule has 1 rings (SSSR count). The smallest absolute Gasteiger partial charge is 0.201 e. The monoisotopic (exact) mass is 255 g/mol. The molecule has 1 aromatic rings. The molecule has 0 aliphatic rings. The van der Waals surface area contributed by atoms with E-state index in [4.69, 9.17) is 39.6 Å². The Morgan fingerprint density at radius 2 is 1.94 bits per heavy atom. The number of anilines is 1. The molecule has 7 heteroatoms. The summed E-state index contributed by atoms with van der Waals surface area (Å²) in [6.07, 6.45) is 0. The quantitative estimate of drug-likeness (QED) is 0.439. The first-order valence-corrected chi connectivity index (χ1v) is 4.83. The Hall–Kier alpha value is -1.77. The van der Waals surface area contributed by atoms with Crippen molar-refractivity contribution >= 4 is 40.4 Å². The molecule has 0 saturated carbocycles. The highest BCUT2D eigenvalue weighted by atomic mass is 35.5. The second-order valence-electron chi connectivity index (χ2n) is 2.76. The third-order valence-corrected chi connectivity index (χ3v) is 1.96. The van der Waals surface area contributed by atoms with Crippen LogP contribution in [0, 0.1) is 16.7 Å². The largest absolute Gasteiger partial charge is 0.382 e. The molecule has 1 aromatic carbocycles. The van der Waals surface area contributed by atoms with Gasteiger partial charge in [-0.1, -0.05) is 23.2 Å². The molecule has 5 nitrogen and oxygen atoms in total. The molecule has 0 aromatic heterocycles. The fourth-order valence-electron chi connectivity index (χ4n) is 0.884. The predicted octanol–water partition coefficient (Wildman–Crippen LogP) is 2.22. The van der Waals surface area contributed by atoms with Crippen molar-refractivity contribution in [1.29, 1.82) is 10.7 Å². The summed E-state index contributed by atoms with van der Waals surface area (Å²) >= 11 is 11.5. The molecule has 0 atom stereocenters. The third kappa shape index (κ3) is 3.42. The van der Waals surface area contributed by atoms with Crippen LogP contribution in [0.15, 0.2) is 23.3 Å². The number of amidine groups is 1. The molecule has 0 heterocycles. The second-order valence-corrected chi connectivity index (χ2v) is 3.63. The number of benzene rings is 1. The number of nitrogens with zero attached hydrogens (tertiary/aromatic N) is 2. The van der Waals surface area contributed by atoms with E-state index in [-0.39, 0.29) is 5.71 Å². The van der Waals surface area contributed by atoms with Crippen molar-refractivity contribution in [2.75, 3.05) is 5.43 Å². The minimum absolute atomic E-state index is 0.212. The first kappa shape index (κ1) is 12.3. The topological polar surface area (TPSA) is 98.0 Å². The standard InChI is InChI=1S/C9H7Cl2N5/c10-5-1-6(11)3-7(2-5)15-16-8(4-12)9(13)14/h1-3,15H,(H3,13,14)/b16-8+. The summed E-state index contributed by atoms with van der Waals surface area (Å²) in [5.74, 6) is -0.414. The maximum atomic E-state index is 8.59. The van der Waals surface area contributed by atoms with Gasteiger partial charge in [0.1, 0.15) is 6.07 Å². The molecule has 0 saturated heterocycles. The summed E-state index contributed by atoms with van der Waals surface area (Å²) in [5.41, 5.74) is 7.94. The van der Waals surface area contributed by atoms with E-state index >= 15 is 0 Å². The Labute approximate surface area is 102 Å². The Bertz CT molecular complexity index is 469. The van der Waals surface area contributed by atoms with E-state index in [1.807, 2.05) is 0 Å². The van der Waals surface area contributed by atoms with Crippen LogP contribution in [-0.4, -0.2) is 11.5 Å². The van der Waals surface area contributed by atoms with E-state index in [2.05, 4.69) is 10.5 Å². The lowest BCUT2D eigenvalue weighted by Crippen LogP contribution is -2.21. The van der Waals surface area contributed by atoms with Gasteiger partial charge < -0.3 is 5.73 Å². The van der Waals surface area contributed by atoms with Crippen LogP contribution < -0.4 is 11.2 Å². The molecular weight excluding hydrogens is 249 g/mol. The minimum Gasteiger partial charge on any atom is -0.382 e. The number of halogens is 2. The lowest BCUT2D eigenvalue weighted by Gasteiger charge is -2.02. The molecule has 0 fully saturated rings. The highest BCUT2D eigenvalue weighted by molar-refractivity contribution is 6.45. The van der Waals surface area contributed by atoms with Gasteiger partial charge in [-0.25, -0.2) is 0 Å². The molecule has 0 amide bonds. The van der Waals surface area contributed by atoms with Gasteiger partial charge >= 0.3 is 0 Å². The number of hydrogen-bond donors (Lipinski definition) is 3. The van der Waals surface area contributed by atoms with E-state index in [0.717, 1.165) is 0 Å². The fraction of sp³-hybridized carbons (Fsp3) is 0. The van der Waals surface area contributed by atoms with E-state index in [9.17, 15) is 0 Å². The minimum atomic E-state index is -0.414. The van der Waals surface area contributed by atoms with E-state index in [1.165, 1.54) is 0 Å². The van der Waals surface area contributed by atoms with Crippen LogP contribution >= 0.6 is 23.2 Å². The van der Waals surface area contributed by atoms with Crippen LogP contribution in [0.25, 0.3) is 0 Å². The zero-order chi connectivity index (χ0) is 12.1. The molecule has 0 unspecified atom stereocenters. The van der Waals surface area contributed by atoms with Crippen LogP contribution in [0.3, 0.4) is 0 Å². The first-order valence-electron chi connectivity index (χ1n) is 4.07. The van der Waals surface area contributed by atoms with Crippen molar-refractivity contribution in [3.05, 3.63) is 28.2 Å². The maximum Gasteiger partial charge on any atom is 0.201 e. The number of rotatable bonds is 3. The average Bonchev–Trinajstić information content (AvgIpc) is 2.16. The molecule has 0 aliphatic carbocycles. The van der Waals surface area contributed by atoms with Gasteiger partial charge in [-0.05, 0) is 18.2 Å². The summed E-state index contributed by atoms with van der Waals surface area (Å²) in [4.78, 5) is 0. The number of nitriles is 1. The van der Waals surface area contributed by atoms with E-state index in [1.54, 1.807) is 24.3 Å². The van der Waals surface area contributed by atoms with Crippen LogP contribution in [0.4, 0.5) is 5.69 Å². The lowest BCUT2D eigenvalue weighted by molar-refractivity contribution is 1.33. The molecule has 4 N–H and O–H groups in total. The fourth-order valence-corrected chi connectivity index (χ4v) is 1.41. The van der Waals surface area contributed by atoms with Gasteiger partial charge in [0.05, 0.1) is 5.69 Å². The van der Waals surface area contributed by atoms with Gasteiger partial charge in [-0.3, -0.25) is 10.8 Å². The lowest BCUT2D eigenvalue weighted by atomic mass is 10.3. The van der Waals surface area contributed by atoms with Crippen molar-refractivity contribution < 1.29 is 0 Å². The van der Waals surface area contributed by atoms with Crippen molar-refractivity contribution in [1.82, 2.24) is 0 Å². The number of hydrazone groups is 1. The Kier molecular flexibility index (Phi) is 4.11. The summed E-state index contributed by atoms with van der Waals surface area (Å²) in [7, 11) is 0. The highest BCUT2D eigenvalue weighted by Gasteiger charge is 2.01. The first-order chi connectivity index (χ1) is 7.52. The summed E-state index contributed by atoms with van der Waals surface area (Å²) in [6, 6.07) is 6.39. The number of nitrogens with two attached hydrogens (primary N) is 1. The van der Waals surface area contributed by atoms with E-state index in [0.29, 0.717) is 15.7 Å². The third-order valence-electron chi connectivity index (χ3n) is 1.52. The zero-order valence-electron chi connectivity index (χ0n) is 7.96. The van der Waals surface area contributed by atoms with E-state index < -0.39 is 5.84 Å². The van der Waals surface area contributed by atoms with Crippen LogP contribution in [-0.2, 0) is 0 Å². The van der Waals surface area contributed by atoms with Gasteiger partial charge in [0.2, 0.25) is 5.71 Å². The molecule has 0 radical (unpaired) electrons. The SMILES string of the molecule is N#C/C(=N\Nc1cc(Cl)cc(Cl)c1)C(=N)N. The second kappa shape index (κ2) is 5.35. The number of hydrogen-bond acceptors (Lipinski definition) is 4. The van der Waals surface area contributed by atoms with Gasteiger partial charge in [-0.15, -0.1) is 0 Å². The Morgan fingerprint density at radius 3 is 2.38 bits per heavy atom. The molecule has 0 bridgehead atoms. The molecule has 0 aliphatic heterocycles. The van der Waals surface area contributed by atoms with Gasteiger partial charge in [-0.2, -0.15) is 10.4 Å².